The maximum absolute atomic E-state index is 12.3. The highest BCUT2D eigenvalue weighted by atomic mass is 31.2. The Bertz CT molecular complexity index is 331. The molecule has 0 aromatic heterocycles. The van der Waals surface area contributed by atoms with Crippen LogP contribution in [0.25, 0.3) is 0 Å². The first-order valence-corrected chi connectivity index (χ1v) is 8.24. The molecule has 0 aliphatic carbocycles. The minimum Gasteiger partial charge on any atom is -0.465 e. The summed E-state index contributed by atoms with van der Waals surface area (Å²) in [6, 6.07) is 0. The fraction of sp³-hybridized carbons (Fsp3) is 0.833. The number of carbonyl (C=O) groups is 2. The third-order valence-electron chi connectivity index (χ3n) is 2.37. The maximum atomic E-state index is 12.3. The van der Waals surface area contributed by atoms with Gasteiger partial charge in [0, 0.05) is 6.42 Å². The molecule has 0 heterocycles. The van der Waals surface area contributed by atoms with Crippen molar-refractivity contribution in [1.29, 1.82) is 0 Å². The van der Waals surface area contributed by atoms with Gasteiger partial charge < -0.3 is 13.8 Å². The van der Waals surface area contributed by atoms with Crippen LogP contribution in [0.4, 0.5) is 0 Å². The van der Waals surface area contributed by atoms with Crippen LogP contribution < -0.4 is 0 Å². The van der Waals surface area contributed by atoms with Gasteiger partial charge in [-0.1, -0.05) is 6.92 Å². The molecule has 0 aromatic rings. The van der Waals surface area contributed by atoms with E-state index < -0.39 is 19.5 Å². The summed E-state index contributed by atoms with van der Waals surface area (Å²) in [6.07, 6.45) is -0.0953. The Hall–Kier alpha value is -0.710. The largest absolute Gasteiger partial charge is 0.465 e. The lowest BCUT2D eigenvalue weighted by Gasteiger charge is -2.21. The van der Waals surface area contributed by atoms with Gasteiger partial charge in [0.05, 0.1) is 26.0 Å². The van der Waals surface area contributed by atoms with Crippen LogP contribution in [0.3, 0.4) is 0 Å². The monoisotopic (exact) mass is 294 g/mol. The van der Waals surface area contributed by atoms with Crippen LogP contribution in [0.1, 0.15) is 34.1 Å². The van der Waals surface area contributed by atoms with E-state index in [9.17, 15) is 14.2 Å². The minimum absolute atomic E-state index is 0.167. The molecule has 1 unspecified atom stereocenters. The number of ketones is 1. The van der Waals surface area contributed by atoms with Gasteiger partial charge in [0.25, 0.3) is 0 Å². The number of esters is 1. The van der Waals surface area contributed by atoms with Crippen molar-refractivity contribution in [3.63, 3.8) is 0 Å². The Kier molecular flexibility index (Phi) is 8.89. The molecule has 6 nitrogen and oxygen atoms in total. The van der Waals surface area contributed by atoms with Crippen molar-refractivity contribution in [2.24, 2.45) is 5.92 Å². The Morgan fingerprint density at radius 2 is 1.53 bits per heavy atom. The van der Waals surface area contributed by atoms with Gasteiger partial charge in [0.2, 0.25) is 0 Å². The molecule has 0 fully saturated rings. The van der Waals surface area contributed by atoms with Crippen LogP contribution in [0, 0.1) is 5.92 Å². The predicted molar refractivity (Wildman–Crippen MR) is 71.1 cm³/mol. The summed E-state index contributed by atoms with van der Waals surface area (Å²) in [5, 5.41) is 0. The molecule has 1 atom stereocenters. The van der Waals surface area contributed by atoms with Crippen molar-refractivity contribution in [3.05, 3.63) is 0 Å². The quantitative estimate of drug-likeness (QED) is 0.350. The van der Waals surface area contributed by atoms with Crippen LogP contribution in [-0.4, -0.2) is 37.7 Å². The topological polar surface area (TPSA) is 78.9 Å². The zero-order valence-corrected chi connectivity index (χ0v) is 12.9. The van der Waals surface area contributed by atoms with Gasteiger partial charge in [-0.15, -0.1) is 0 Å². The van der Waals surface area contributed by atoms with Crippen molar-refractivity contribution in [2.75, 3.05) is 26.0 Å². The standard InChI is InChI=1S/C12H23O6P/c1-5-11(13)10(12(14)16-6-2)9-19(15,17-7-3)18-8-4/h10H,5-9H2,1-4H3. The van der Waals surface area contributed by atoms with Gasteiger partial charge in [0.15, 0.2) is 0 Å². The molecule has 0 aliphatic heterocycles. The second-order valence-electron chi connectivity index (χ2n) is 3.75. The molecular weight excluding hydrogens is 271 g/mol. The molecule has 112 valence electrons. The fourth-order valence-corrected chi connectivity index (χ4v) is 3.43. The second kappa shape index (κ2) is 9.23. The average molecular weight is 294 g/mol. The number of rotatable bonds is 10. The average Bonchev–Trinajstić information content (AvgIpc) is 2.36. The molecule has 7 heteroatoms. The molecule has 0 N–H and O–H groups in total. The van der Waals surface area contributed by atoms with Crippen molar-refractivity contribution in [3.8, 4) is 0 Å². The SMILES string of the molecule is CCOC(=O)C(CP(=O)(OCC)OCC)C(=O)CC. The summed E-state index contributed by atoms with van der Waals surface area (Å²) in [5.41, 5.74) is 0. The summed E-state index contributed by atoms with van der Waals surface area (Å²) >= 11 is 0. The number of Topliss-reactive ketones (excluding diaryl/α,β-unsaturated/α-hetero) is 1. The highest BCUT2D eigenvalue weighted by Gasteiger charge is 2.36. The van der Waals surface area contributed by atoms with Gasteiger partial charge in [-0.25, -0.2) is 0 Å². The van der Waals surface area contributed by atoms with E-state index in [1.165, 1.54) is 0 Å². The van der Waals surface area contributed by atoms with E-state index in [0.29, 0.717) is 0 Å². The lowest BCUT2D eigenvalue weighted by atomic mass is 10.1. The van der Waals surface area contributed by atoms with Crippen molar-refractivity contribution < 1.29 is 27.9 Å². The zero-order valence-electron chi connectivity index (χ0n) is 12.0. The third-order valence-corrected chi connectivity index (χ3v) is 4.48. The number of carbonyl (C=O) groups excluding carboxylic acids is 2. The van der Waals surface area contributed by atoms with E-state index in [-0.39, 0.29) is 38.2 Å². The molecule has 0 saturated heterocycles. The Balaban J connectivity index is 5.00. The zero-order chi connectivity index (χ0) is 14.9. The van der Waals surface area contributed by atoms with Crippen LogP contribution in [0.5, 0.6) is 0 Å². The highest BCUT2D eigenvalue weighted by molar-refractivity contribution is 7.53. The van der Waals surface area contributed by atoms with E-state index in [4.69, 9.17) is 13.8 Å². The maximum Gasteiger partial charge on any atom is 0.331 e. The van der Waals surface area contributed by atoms with Crippen LogP contribution in [0.2, 0.25) is 0 Å². The number of hydrogen-bond acceptors (Lipinski definition) is 6. The lowest BCUT2D eigenvalue weighted by Crippen LogP contribution is -2.29. The molecule has 0 radical (unpaired) electrons. The molecule has 0 bridgehead atoms. The first kappa shape index (κ1) is 18.3. The summed E-state index contributed by atoms with van der Waals surface area (Å²) in [7, 11) is -3.44. The molecule has 0 amide bonds. The second-order valence-corrected chi connectivity index (χ2v) is 5.86. The van der Waals surface area contributed by atoms with E-state index in [1.807, 2.05) is 0 Å². The minimum atomic E-state index is -3.44. The lowest BCUT2D eigenvalue weighted by molar-refractivity contribution is -0.150. The van der Waals surface area contributed by atoms with Gasteiger partial charge in [-0.2, -0.15) is 0 Å². The Labute approximate surface area is 114 Å². The summed E-state index contributed by atoms with van der Waals surface area (Å²) in [6.45, 7) is 7.18. The molecule has 0 rings (SSSR count). The van der Waals surface area contributed by atoms with Crippen molar-refractivity contribution in [2.45, 2.75) is 34.1 Å². The smallest absolute Gasteiger partial charge is 0.331 e. The molecule has 0 aromatic carbocycles. The molecule has 0 spiro atoms. The van der Waals surface area contributed by atoms with E-state index in [2.05, 4.69) is 0 Å². The van der Waals surface area contributed by atoms with E-state index in [1.54, 1.807) is 27.7 Å². The molecule has 0 saturated carbocycles. The van der Waals surface area contributed by atoms with Crippen LogP contribution in [-0.2, 0) is 27.9 Å². The fourth-order valence-electron chi connectivity index (χ4n) is 1.56. The van der Waals surface area contributed by atoms with Crippen LogP contribution in [0.15, 0.2) is 0 Å². The van der Waals surface area contributed by atoms with Gasteiger partial charge in [-0.05, 0) is 20.8 Å². The van der Waals surface area contributed by atoms with Crippen molar-refractivity contribution in [1.82, 2.24) is 0 Å². The highest BCUT2D eigenvalue weighted by Crippen LogP contribution is 2.49. The van der Waals surface area contributed by atoms with Gasteiger partial charge in [-0.3, -0.25) is 14.2 Å². The van der Waals surface area contributed by atoms with E-state index in [0.717, 1.165) is 0 Å². The first-order valence-electron chi connectivity index (χ1n) is 6.51. The normalized spacial score (nSPS) is 13.1. The van der Waals surface area contributed by atoms with Crippen LogP contribution >= 0.6 is 7.60 Å². The van der Waals surface area contributed by atoms with E-state index >= 15 is 0 Å². The molecule has 0 aliphatic rings. The Morgan fingerprint density at radius 3 is 1.89 bits per heavy atom. The van der Waals surface area contributed by atoms with Gasteiger partial charge in [0.1, 0.15) is 11.7 Å². The molecular formula is C12H23O6P. The molecule has 19 heavy (non-hydrogen) atoms. The summed E-state index contributed by atoms with van der Waals surface area (Å²) in [4.78, 5) is 23.5. The summed E-state index contributed by atoms with van der Waals surface area (Å²) < 4.78 is 27.4. The van der Waals surface area contributed by atoms with Gasteiger partial charge >= 0.3 is 13.6 Å². The Morgan fingerprint density at radius 1 is 1.00 bits per heavy atom. The first-order chi connectivity index (χ1) is 8.94. The number of hydrogen-bond donors (Lipinski definition) is 0. The summed E-state index contributed by atoms with van der Waals surface area (Å²) in [5.74, 6) is -2.08. The van der Waals surface area contributed by atoms with Crippen molar-refractivity contribution >= 4 is 19.3 Å². The third kappa shape index (κ3) is 6.32. The predicted octanol–water partition coefficient (Wildman–Crippen LogP) is 2.41. The number of ether oxygens (including phenoxy) is 1.